The van der Waals surface area contributed by atoms with E-state index in [4.69, 9.17) is 17.4 Å². The molecule has 0 spiro atoms. The van der Waals surface area contributed by atoms with Crippen molar-refractivity contribution in [1.29, 1.82) is 0 Å². The lowest BCUT2D eigenvalue weighted by Crippen LogP contribution is -2.29. The normalized spacial score (nSPS) is 17.5. The van der Waals surface area contributed by atoms with E-state index >= 15 is 0 Å². The van der Waals surface area contributed by atoms with Crippen molar-refractivity contribution < 1.29 is 9.72 Å². The first kappa shape index (κ1) is 15.9. The van der Waals surface area contributed by atoms with Crippen LogP contribution in [0.4, 0.5) is 11.4 Å². The molecular weight excluding hydrogens is 316 g/mol. The molecule has 1 amide bonds. The summed E-state index contributed by atoms with van der Waals surface area (Å²) in [5.74, 6) is 5.94. The van der Waals surface area contributed by atoms with Crippen molar-refractivity contribution in [3.8, 4) is 0 Å². The third kappa shape index (κ3) is 3.78. The van der Waals surface area contributed by atoms with E-state index in [1.807, 2.05) is 11.8 Å². The zero-order valence-corrected chi connectivity index (χ0v) is 12.7. The van der Waals surface area contributed by atoms with E-state index in [1.165, 1.54) is 6.07 Å². The number of hydrazine groups is 1. The number of carbonyl (C=O) groups excluding carboxylic acids is 1. The molecule has 9 heteroatoms. The first-order chi connectivity index (χ1) is 10.0. The number of nitrogens with zero attached hydrogens (tertiary/aromatic N) is 1. The molecule has 7 nitrogen and oxygen atoms in total. The minimum absolute atomic E-state index is 0.00966. The highest BCUT2D eigenvalue weighted by atomic mass is 35.5. The Labute approximate surface area is 130 Å². The third-order valence-electron chi connectivity index (χ3n) is 3.19. The molecule has 0 aliphatic carbocycles. The van der Waals surface area contributed by atoms with Gasteiger partial charge in [0, 0.05) is 23.4 Å². The van der Waals surface area contributed by atoms with Gasteiger partial charge in [0.15, 0.2) is 0 Å². The van der Waals surface area contributed by atoms with Crippen molar-refractivity contribution >= 4 is 40.6 Å². The SMILES string of the molecule is NNc1c(Cl)cc(C(=O)NCC2CCCS2)cc1[N+](=O)[O-]. The van der Waals surface area contributed by atoms with Crippen molar-refractivity contribution in [2.24, 2.45) is 5.84 Å². The highest BCUT2D eigenvalue weighted by molar-refractivity contribution is 8.00. The van der Waals surface area contributed by atoms with Gasteiger partial charge in [-0.1, -0.05) is 11.6 Å². The van der Waals surface area contributed by atoms with Crippen LogP contribution in [0.15, 0.2) is 12.1 Å². The molecule has 1 unspecified atom stereocenters. The Balaban J connectivity index is 2.14. The summed E-state index contributed by atoms with van der Waals surface area (Å²) in [6.45, 7) is 0.547. The smallest absolute Gasteiger partial charge is 0.295 e. The lowest BCUT2D eigenvalue weighted by molar-refractivity contribution is -0.384. The number of rotatable bonds is 5. The molecule has 0 radical (unpaired) electrons. The number of nitro groups is 1. The Morgan fingerprint density at radius 3 is 2.90 bits per heavy atom. The number of benzene rings is 1. The van der Waals surface area contributed by atoms with Gasteiger partial charge in [-0.3, -0.25) is 20.8 Å². The van der Waals surface area contributed by atoms with Gasteiger partial charge in [-0.2, -0.15) is 11.8 Å². The molecule has 0 aromatic heterocycles. The van der Waals surface area contributed by atoms with Crippen LogP contribution in [0.2, 0.25) is 5.02 Å². The maximum absolute atomic E-state index is 12.1. The van der Waals surface area contributed by atoms with Crippen LogP contribution in [0, 0.1) is 10.1 Å². The number of amides is 1. The predicted octanol–water partition coefficient (Wildman–Crippen LogP) is 2.16. The second-order valence-electron chi connectivity index (χ2n) is 4.60. The highest BCUT2D eigenvalue weighted by Crippen LogP contribution is 2.33. The van der Waals surface area contributed by atoms with Crippen molar-refractivity contribution in [2.75, 3.05) is 17.7 Å². The van der Waals surface area contributed by atoms with Gasteiger partial charge >= 0.3 is 0 Å². The fourth-order valence-corrected chi connectivity index (χ4v) is 3.59. The highest BCUT2D eigenvalue weighted by Gasteiger charge is 2.22. The van der Waals surface area contributed by atoms with Crippen LogP contribution >= 0.6 is 23.4 Å². The first-order valence-electron chi connectivity index (χ1n) is 6.37. The molecule has 1 fully saturated rings. The lowest BCUT2D eigenvalue weighted by atomic mass is 10.1. The molecule has 1 heterocycles. The monoisotopic (exact) mass is 330 g/mol. The van der Waals surface area contributed by atoms with Crippen molar-refractivity contribution in [2.45, 2.75) is 18.1 Å². The third-order valence-corrected chi connectivity index (χ3v) is 4.88. The number of nitrogen functional groups attached to an aromatic ring is 1. The Hall–Kier alpha value is -1.51. The minimum atomic E-state index is -0.634. The standard InChI is InChI=1S/C12H15ClN4O3S/c13-9-4-7(5-10(17(19)20)11(9)16-14)12(18)15-6-8-2-1-3-21-8/h4-5,8,16H,1-3,6,14H2,(H,15,18). The Morgan fingerprint density at radius 2 is 2.33 bits per heavy atom. The summed E-state index contributed by atoms with van der Waals surface area (Å²) in [6, 6.07) is 2.53. The summed E-state index contributed by atoms with van der Waals surface area (Å²) in [5.41, 5.74) is 1.99. The Morgan fingerprint density at radius 1 is 1.57 bits per heavy atom. The number of halogens is 1. The van der Waals surface area contributed by atoms with Gasteiger partial charge in [0.05, 0.1) is 9.95 Å². The van der Waals surface area contributed by atoms with E-state index in [-0.39, 0.29) is 27.9 Å². The molecule has 114 valence electrons. The van der Waals surface area contributed by atoms with Crippen LogP contribution in [0.3, 0.4) is 0 Å². The van der Waals surface area contributed by atoms with Gasteiger partial charge in [0.25, 0.3) is 11.6 Å². The van der Waals surface area contributed by atoms with E-state index in [0.29, 0.717) is 11.8 Å². The number of thioether (sulfide) groups is 1. The summed E-state index contributed by atoms with van der Waals surface area (Å²) in [4.78, 5) is 22.4. The summed E-state index contributed by atoms with van der Waals surface area (Å²) in [5, 5.41) is 14.2. The predicted molar refractivity (Wildman–Crippen MR) is 83.7 cm³/mol. The summed E-state index contributed by atoms with van der Waals surface area (Å²) in [6.07, 6.45) is 2.22. The van der Waals surface area contributed by atoms with Gasteiger partial charge < -0.3 is 10.7 Å². The number of nitro benzene ring substituents is 1. The maximum atomic E-state index is 12.1. The fraction of sp³-hybridized carbons (Fsp3) is 0.417. The summed E-state index contributed by atoms with van der Waals surface area (Å²) in [7, 11) is 0. The van der Waals surface area contributed by atoms with Crippen molar-refractivity contribution in [3.63, 3.8) is 0 Å². The quantitative estimate of drug-likeness (QED) is 0.433. The first-order valence-corrected chi connectivity index (χ1v) is 7.80. The molecule has 21 heavy (non-hydrogen) atoms. The number of nitrogens with two attached hydrogens (primary N) is 1. The molecule has 1 saturated heterocycles. The van der Waals surface area contributed by atoms with E-state index in [9.17, 15) is 14.9 Å². The van der Waals surface area contributed by atoms with Crippen LogP contribution < -0.4 is 16.6 Å². The Kier molecular flexibility index (Phi) is 5.27. The molecule has 1 atom stereocenters. The largest absolute Gasteiger partial charge is 0.351 e. The van der Waals surface area contributed by atoms with E-state index in [1.54, 1.807) is 0 Å². The zero-order chi connectivity index (χ0) is 15.4. The van der Waals surface area contributed by atoms with Gasteiger partial charge in [-0.05, 0) is 24.7 Å². The number of hydrogen-bond acceptors (Lipinski definition) is 6. The molecule has 4 N–H and O–H groups in total. The molecule has 0 saturated carbocycles. The van der Waals surface area contributed by atoms with Gasteiger partial charge in [0.1, 0.15) is 5.69 Å². The maximum Gasteiger partial charge on any atom is 0.295 e. The number of hydrogen-bond donors (Lipinski definition) is 3. The van der Waals surface area contributed by atoms with Crippen LogP contribution in [0.1, 0.15) is 23.2 Å². The Bertz CT molecular complexity index is 564. The molecule has 1 aliphatic rings. The molecule has 2 rings (SSSR count). The molecular formula is C12H15ClN4O3S. The van der Waals surface area contributed by atoms with E-state index in [0.717, 1.165) is 24.7 Å². The number of nitrogens with one attached hydrogen (secondary N) is 2. The average molecular weight is 331 g/mol. The van der Waals surface area contributed by atoms with Crippen LogP contribution in [-0.4, -0.2) is 28.4 Å². The van der Waals surface area contributed by atoms with Gasteiger partial charge in [-0.15, -0.1) is 0 Å². The van der Waals surface area contributed by atoms with Crippen molar-refractivity contribution in [1.82, 2.24) is 5.32 Å². The second-order valence-corrected chi connectivity index (χ2v) is 6.41. The lowest BCUT2D eigenvalue weighted by Gasteiger charge is -2.11. The number of carbonyl (C=O) groups is 1. The molecule has 0 bridgehead atoms. The van der Waals surface area contributed by atoms with Crippen molar-refractivity contribution in [3.05, 3.63) is 32.8 Å². The average Bonchev–Trinajstić information content (AvgIpc) is 2.96. The van der Waals surface area contributed by atoms with E-state index in [2.05, 4.69) is 10.7 Å². The summed E-state index contributed by atoms with van der Waals surface area (Å²) < 4.78 is 0. The van der Waals surface area contributed by atoms with Crippen LogP contribution in [-0.2, 0) is 0 Å². The zero-order valence-electron chi connectivity index (χ0n) is 11.1. The van der Waals surface area contributed by atoms with Gasteiger partial charge in [0.2, 0.25) is 0 Å². The number of anilines is 1. The second kappa shape index (κ2) is 6.97. The fourth-order valence-electron chi connectivity index (χ4n) is 2.12. The summed E-state index contributed by atoms with van der Waals surface area (Å²) >= 11 is 7.74. The van der Waals surface area contributed by atoms with Crippen LogP contribution in [0.5, 0.6) is 0 Å². The van der Waals surface area contributed by atoms with Crippen LogP contribution in [0.25, 0.3) is 0 Å². The van der Waals surface area contributed by atoms with Gasteiger partial charge in [-0.25, -0.2) is 0 Å². The molecule has 1 aromatic carbocycles. The van der Waals surface area contributed by atoms with E-state index < -0.39 is 4.92 Å². The minimum Gasteiger partial charge on any atom is -0.351 e. The molecule has 1 aliphatic heterocycles. The molecule has 1 aromatic rings. The topological polar surface area (TPSA) is 110 Å².